The highest BCUT2D eigenvalue weighted by atomic mass is 32.2. The largest absolute Gasteiger partial charge is 0.522 e. The second-order valence-corrected chi connectivity index (χ2v) is 4.62. The minimum absolute atomic E-state index is 0.884. The first-order valence-electron chi connectivity index (χ1n) is 4.32. The fourth-order valence-electron chi connectivity index (χ4n) is 0.774. The molecule has 0 fully saturated rings. The number of hydrogen-bond acceptors (Lipinski definition) is 3. The Kier molecular flexibility index (Phi) is 4.96. The summed E-state index contributed by atoms with van der Waals surface area (Å²) in [6.45, 7) is 4.09. The number of alkyl halides is 3. The van der Waals surface area contributed by atoms with Crippen molar-refractivity contribution < 1.29 is 26.1 Å². The summed E-state index contributed by atoms with van der Waals surface area (Å²) in [7, 11) is -5.84. The molecule has 0 saturated carbocycles. The van der Waals surface area contributed by atoms with Gasteiger partial charge in [0.05, 0.1) is 0 Å². The number of halogens is 3. The topological polar surface area (TPSA) is 80.4 Å². The highest BCUT2D eigenvalue weighted by Crippen LogP contribution is 2.20. The van der Waals surface area contributed by atoms with Crippen molar-refractivity contribution in [3.05, 3.63) is 29.3 Å². The first kappa shape index (κ1) is 15.7. The lowest BCUT2D eigenvalue weighted by Crippen LogP contribution is -2.21. The van der Waals surface area contributed by atoms with E-state index in [0.29, 0.717) is 0 Å². The monoisotopic (exact) mass is 271 g/mol. The van der Waals surface area contributed by atoms with E-state index in [1.54, 1.807) is 0 Å². The van der Waals surface area contributed by atoms with Gasteiger partial charge in [0.1, 0.15) is 0 Å². The summed E-state index contributed by atoms with van der Waals surface area (Å²) in [6, 6.07) is 5.95. The standard InChI is InChI=1S/C8H11N.CHF3O3S/c1-6-4-3-5-8(9)7(6)2;2-1(3,4)8(5,6)7/h3-5H,9H2,1-2H3;(H,5,6,7). The molecule has 0 unspecified atom stereocenters. The van der Waals surface area contributed by atoms with Gasteiger partial charge in [0.2, 0.25) is 0 Å². The Bertz CT molecular complexity index is 462. The molecule has 98 valence electrons. The van der Waals surface area contributed by atoms with Gasteiger partial charge in [-0.05, 0) is 31.0 Å². The molecule has 0 radical (unpaired) electrons. The van der Waals surface area contributed by atoms with E-state index in [4.69, 9.17) is 18.7 Å². The van der Waals surface area contributed by atoms with Crippen LogP contribution >= 0.6 is 0 Å². The lowest BCUT2D eigenvalue weighted by atomic mass is 10.1. The maximum Gasteiger partial charge on any atom is 0.522 e. The number of nitrogens with two attached hydrogens (primary N) is 1. The van der Waals surface area contributed by atoms with Gasteiger partial charge in [-0.25, -0.2) is 0 Å². The summed E-state index contributed by atoms with van der Waals surface area (Å²) >= 11 is 0. The average Bonchev–Trinajstić information content (AvgIpc) is 2.12. The Morgan fingerprint density at radius 2 is 1.65 bits per heavy atom. The first-order valence-corrected chi connectivity index (χ1v) is 5.76. The Morgan fingerprint density at radius 1 is 1.24 bits per heavy atom. The highest BCUT2D eigenvalue weighted by Gasteiger charge is 2.44. The number of nitrogen functional groups attached to an aromatic ring is 1. The molecule has 0 heterocycles. The van der Waals surface area contributed by atoms with Gasteiger partial charge in [-0.2, -0.15) is 21.6 Å². The molecular formula is C9H12F3NO3S. The van der Waals surface area contributed by atoms with Gasteiger partial charge in [0.25, 0.3) is 0 Å². The molecule has 0 amide bonds. The molecular weight excluding hydrogens is 259 g/mol. The average molecular weight is 271 g/mol. The maximum atomic E-state index is 10.7. The smallest absolute Gasteiger partial charge is 0.399 e. The Labute approximate surface area is 97.0 Å². The van der Waals surface area contributed by atoms with Crippen molar-refractivity contribution in [3.8, 4) is 0 Å². The fraction of sp³-hybridized carbons (Fsp3) is 0.333. The molecule has 0 aliphatic heterocycles. The third kappa shape index (κ3) is 5.05. The molecule has 1 aromatic rings. The number of hydrogen-bond donors (Lipinski definition) is 2. The van der Waals surface area contributed by atoms with E-state index in [9.17, 15) is 13.2 Å². The molecule has 0 aromatic heterocycles. The van der Waals surface area contributed by atoms with Gasteiger partial charge in [-0.15, -0.1) is 0 Å². The van der Waals surface area contributed by atoms with Crippen LogP contribution in [0.5, 0.6) is 0 Å². The van der Waals surface area contributed by atoms with Gasteiger partial charge in [0.15, 0.2) is 0 Å². The van der Waals surface area contributed by atoms with E-state index in [-0.39, 0.29) is 0 Å². The molecule has 0 spiro atoms. The van der Waals surface area contributed by atoms with E-state index < -0.39 is 15.6 Å². The number of rotatable bonds is 0. The van der Waals surface area contributed by atoms with Crippen LogP contribution < -0.4 is 5.73 Å². The summed E-state index contributed by atoms with van der Waals surface area (Å²) in [5.41, 5.74) is 3.42. The quantitative estimate of drug-likeness (QED) is 0.431. The van der Waals surface area contributed by atoms with Crippen LogP contribution in [0.1, 0.15) is 11.1 Å². The summed E-state index contributed by atoms with van der Waals surface area (Å²) in [4.78, 5) is 0. The molecule has 17 heavy (non-hydrogen) atoms. The van der Waals surface area contributed by atoms with E-state index in [2.05, 4.69) is 13.0 Å². The minimum atomic E-state index is -5.84. The molecule has 0 bridgehead atoms. The van der Waals surface area contributed by atoms with Crippen LogP contribution in [0.25, 0.3) is 0 Å². The molecule has 3 N–H and O–H groups in total. The van der Waals surface area contributed by atoms with Gasteiger partial charge >= 0.3 is 15.6 Å². The predicted molar refractivity (Wildman–Crippen MR) is 57.9 cm³/mol. The minimum Gasteiger partial charge on any atom is -0.399 e. The Balaban J connectivity index is 0.000000304. The normalized spacial score (nSPS) is 11.6. The molecule has 1 rings (SSSR count). The van der Waals surface area contributed by atoms with Crippen LogP contribution in [-0.2, 0) is 10.1 Å². The van der Waals surface area contributed by atoms with E-state index >= 15 is 0 Å². The van der Waals surface area contributed by atoms with Gasteiger partial charge in [-0.1, -0.05) is 12.1 Å². The van der Waals surface area contributed by atoms with Gasteiger partial charge in [0, 0.05) is 5.69 Å². The SMILES string of the molecule is Cc1cccc(N)c1C.O=S(=O)(O)C(F)(F)F. The highest BCUT2D eigenvalue weighted by molar-refractivity contribution is 7.86. The van der Waals surface area contributed by atoms with E-state index in [1.165, 1.54) is 11.1 Å². The first-order chi connectivity index (χ1) is 7.47. The number of aryl methyl sites for hydroxylation is 1. The molecule has 8 heteroatoms. The lowest BCUT2D eigenvalue weighted by Gasteiger charge is -2.00. The third-order valence-electron chi connectivity index (χ3n) is 1.94. The summed E-state index contributed by atoms with van der Waals surface area (Å²) in [5.74, 6) is 0. The van der Waals surface area contributed by atoms with Crippen LogP contribution in [0, 0.1) is 13.8 Å². The van der Waals surface area contributed by atoms with Crippen molar-refractivity contribution in [1.29, 1.82) is 0 Å². The fourth-order valence-corrected chi connectivity index (χ4v) is 0.774. The molecule has 0 aliphatic carbocycles. The summed E-state index contributed by atoms with van der Waals surface area (Å²) < 4.78 is 57.5. The molecule has 0 aliphatic rings. The maximum absolute atomic E-state index is 10.7. The van der Waals surface area contributed by atoms with Gasteiger partial charge < -0.3 is 5.73 Å². The number of anilines is 1. The van der Waals surface area contributed by atoms with Crippen LogP contribution in [0.3, 0.4) is 0 Å². The van der Waals surface area contributed by atoms with Crippen molar-refractivity contribution >= 4 is 15.8 Å². The van der Waals surface area contributed by atoms with Crippen molar-refractivity contribution in [3.63, 3.8) is 0 Å². The molecule has 0 saturated heterocycles. The second kappa shape index (κ2) is 5.37. The van der Waals surface area contributed by atoms with Crippen molar-refractivity contribution in [2.24, 2.45) is 0 Å². The van der Waals surface area contributed by atoms with Crippen molar-refractivity contribution in [2.75, 3.05) is 5.73 Å². The van der Waals surface area contributed by atoms with Gasteiger partial charge in [-0.3, -0.25) is 4.55 Å². The van der Waals surface area contributed by atoms with Crippen LogP contribution in [0.15, 0.2) is 18.2 Å². The summed E-state index contributed by atoms with van der Waals surface area (Å²) in [5, 5.41) is 0. The van der Waals surface area contributed by atoms with E-state index in [1.807, 2.05) is 19.1 Å². The predicted octanol–water partition coefficient (Wildman–Crippen LogP) is 2.28. The van der Waals surface area contributed by atoms with Crippen LogP contribution in [0.2, 0.25) is 0 Å². The molecule has 1 aromatic carbocycles. The lowest BCUT2D eigenvalue weighted by molar-refractivity contribution is -0.0510. The van der Waals surface area contributed by atoms with Crippen molar-refractivity contribution in [2.45, 2.75) is 19.4 Å². The molecule has 4 nitrogen and oxygen atoms in total. The Hall–Kier alpha value is -1.28. The summed E-state index contributed by atoms with van der Waals surface area (Å²) in [6.07, 6.45) is 0. The van der Waals surface area contributed by atoms with E-state index in [0.717, 1.165) is 5.69 Å². The zero-order valence-corrected chi connectivity index (χ0v) is 9.93. The number of benzene rings is 1. The molecule has 0 atom stereocenters. The zero-order valence-electron chi connectivity index (χ0n) is 9.12. The zero-order chi connectivity index (χ0) is 13.9. The van der Waals surface area contributed by atoms with Crippen LogP contribution in [-0.4, -0.2) is 18.5 Å². The second-order valence-electron chi connectivity index (χ2n) is 3.21. The van der Waals surface area contributed by atoms with Crippen molar-refractivity contribution in [1.82, 2.24) is 0 Å². The Morgan fingerprint density at radius 3 is 1.88 bits per heavy atom. The van der Waals surface area contributed by atoms with Crippen LogP contribution in [0.4, 0.5) is 18.9 Å². The third-order valence-corrected chi connectivity index (χ3v) is 2.52.